The van der Waals surface area contributed by atoms with E-state index in [-0.39, 0.29) is 23.4 Å². The Balaban J connectivity index is 1.45. The molecule has 0 bridgehead atoms. The molecule has 4 rings (SSSR count). The van der Waals surface area contributed by atoms with Crippen molar-refractivity contribution in [2.45, 2.75) is 37.6 Å². The summed E-state index contributed by atoms with van der Waals surface area (Å²) in [6.07, 6.45) is 0.606. The zero-order valence-corrected chi connectivity index (χ0v) is 26.0. The number of methoxy groups -OCH3 is 1. The maximum Gasteiger partial charge on any atom is 0.336 e. The summed E-state index contributed by atoms with van der Waals surface area (Å²) in [6.45, 7) is 5.96. The standard InChI is InChI=1S/C34H37N3O6S/c1-24-30(33(38)42-3)32(27-14-10-15-28(22-27)37(40)41)31(25(2)35-24)34(39)43-20-11-18-36(23-26-12-6-4-7-13-26)19-21-44-29-16-8-5-9-17-29/h4-10,12-17,22,32,35H,11,18-21,23H2,1-3H3. The summed E-state index contributed by atoms with van der Waals surface area (Å²) in [4.78, 5) is 41.1. The van der Waals surface area contributed by atoms with Crippen molar-refractivity contribution < 1.29 is 24.0 Å². The highest BCUT2D eigenvalue weighted by atomic mass is 32.2. The molecule has 1 atom stereocenters. The van der Waals surface area contributed by atoms with Crippen LogP contribution in [0.15, 0.2) is 112 Å². The second kappa shape index (κ2) is 15.9. The highest BCUT2D eigenvalue weighted by Gasteiger charge is 2.38. The van der Waals surface area contributed by atoms with Gasteiger partial charge in [0.15, 0.2) is 0 Å². The average molecular weight is 616 g/mol. The van der Waals surface area contributed by atoms with Gasteiger partial charge in [-0.05, 0) is 43.5 Å². The molecule has 1 heterocycles. The summed E-state index contributed by atoms with van der Waals surface area (Å²) in [6, 6.07) is 26.5. The Morgan fingerprint density at radius 3 is 2.23 bits per heavy atom. The van der Waals surface area contributed by atoms with Crippen molar-refractivity contribution in [3.63, 3.8) is 0 Å². The number of hydrogen-bond donors (Lipinski definition) is 1. The first-order valence-electron chi connectivity index (χ1n) is 14.4. The smallest absolute Gasteiger partial charge is 0.336 e. The number of nitrogens with zero attached hydrogens (tertiary/aromatic N) is 2. The highest BCUT2D eigenvalue weighted by Crippen LogP contribution is 2.40. The van der Waals surface area contributed by atoms with Gasteiger partial charge in [-0.1, -0.05) is 60.7 Å². The number of nitro benzene ring substituents is 1. The number of allylic oxidation sites excluding steroid dienone is 2. The van der Waals surface area contributed by atoms with Gasteiger partial charge in [0.05, 0.1) is 35.7 Å². The molecule has 10 heteroatoms. The van der Waals surface area contributed by atoms with Crippen molar-refractivity contribution in [3.05, 3.63) is 129 Å². The van der Waals surface area contributed by atoms with E-state index in [1.807, 2.05) is 36.4 Å². The lowest BCUT2D eigenvalue weighted by molar-refractivity contribution is -0.384. The van der Waals surface area contributed by atoms with Crippen LogP contribution >= 0.6 is 11.8 Å². The molecule has 230 valence electrons. The summed E-state index contributed by atoms with van der Waals surface area (Å²) in [5.41, 5.74) is 2.94. The van der Waals surface area contributed by atoms with Gasteiger partial charge in [0, 0.05) is 53.8 Å². The molecule has 0 aromatic heterocycles. The third-order valence-corrected chi connectivity index (χ3v) is 8.31. The number of hydrogen-bond acceptors (Lipinski definition) is 9. The number of non-ortho nitro benzene ring substituents is 1. The first-order chi connectivity index (χ1) is 21.3. The molecule has 9 nitrogen and oxygen atoms in total. The number of carbonyl (C=O) groups excluding carboxylic acids is 2. The van der Waals surface area contributed by atoms with Gasteiger partial charge in [0.25, 0.3) is 5.69 Å². The van der Waals surface area contributed by atoms with E-state index in [2.05, 4.69) is 34.5 Å². The van der Waals surface area contributed by atoms with E-state index in [0.29, 0.717) is 29.9 Å². The van der Waals surface area contributed by atoms with E-state index in [1.165, 1.54) is 35.8 Å². The maximum atomic E-state index is 13.6. The van der Waals surface area contributed by atoms with Crippen LogP contribution in [0.25, 0.3) is 0 Å². The predicted molar refractivity (Wildman–Crippen MR) is 171 cm³/mol. The Morgan fingerprint density at radius 1 is 0.909 bits per heavy atom. The SMILES string of the molecule is COC(=O)C1=C(C)NC(C)=C(C(=O)OCCCN(CCSc2ccccc2)Cc2ccccc2)C1c1cccc([N+](=O)[O-])c1. The van der Waals surface area contributed by atoms with E-state index in [4.69, 9.17) is 9.47 Å². The van der Waals surface area contributed by atoms with Gasteiger partial charge in [0.2, 0.25) is 0 Å². The molecule has 3 aromatic carbocycles. The molecule has 0 saturated heterocycles. The molecular weight excluding hydrogens is 578 g/mol. The van der Waals surface area contributed by atoms with Gasteiger partial charge in [-0.25, -0.2) is 9.59 Å². The number of dihydropyridines is 1. The fourth-order valence-corrected chi connectivity index (χ4v) is 6.18. The Bertz CT molecular complexity index is 1520. The minimum absolute atomic E-state index is 0.141. The lowest BCUT2D eigenvalue weighted by Crippen LogP contribution is -2.32. The predicted octanol–water partition coefficient (Wildman–Crippen LogP) is 6.23. The fourth-order valence-electron chi connectivity index (χ4n) is 5.25. The van der Waals surface area contributed by atoms with Gasteiger partial charge >= 0.3 is 11.9 Å². The number of carbonyl (C=O) groups is 2. The normalized spacial score (nSPS) is 14.8. The fraction of sp³-hybridized carbons (Fsp3) is 0.294. The van der Waals surface area contributed by atoms with Crippen molar-refractivity contribution in [1.29, 1.82) is 0 Å². The summed E-state index contributed by atoms with van der Waals surface area (Å²) in [5.74, 6) is -1.19. The number of thioether (sulfide) groups is 1. The Kier molecular flexibility index (Phi) is 11.7. The zero-order chi connectivity index (χ0) is 31.5. The van der Waals surface area contributed by atoms with Crippen LogP contribution in [-0.4, -0.2) is 54.3 Å². The zero-order valence-electron chi connectivity index (χ0n) is 25.2. The van der Waals surface area contributed by atoms with Crippen LogP contribution in [0.4, 0.5) is 5.69 Å². The van der Waals surface area contributed by atoms with Gasteiger partial charge in [-0.15, -0.1) is 11.8 Å². The quantitative estimate of drug-likeness (QED) is 0.0742. The minimum atomic E-state index is -0.888. The van der Waals surface area contributed by atoms with Crippen LogP contribution < -0.4 is 5.32 Å². The van der Waals surface area contributed by atoms with Gasteiger partial charge < -0.3 is 14.8 Å². The largest absolute Gasteiger partial charge is 0.466 e. The Hall–Kier alpha value is -4.41. The van der Waals surface area contributed by atoms with Crippen molar-refractivity contribution in [3.8, 4) is 0 Å². The average Bonchev–Trinajstić information content (AvgIpc) is 3.03. The van der Waals surface area contributed by atoms with Crippen LogP contribution in [0, 0.1) is 10.1 Å². The number of nitro groups is 1. The van der Waals surface area contributed by atoms with E-state index in [9.17, 15) is 19.7 Å². The van der Waals surface area contributed by atoms with Crippen molar-refractivity contribution in [2.24, 2.45) is 0 Å². The molecule has 1 aliphatic heterocycles. The monoisotopic (exact) mass is 615 g/mol. The summed E-state index contributed by atoms with van der Waals surface area (Å²) in [7, 11) is 1.26. The first-order valence-corrected chi connectivity index (χ1v) is 15.4. The molecular formula is C34H37N3O6S. The number of rotatable bonds is 14. The van der Waals surface area contributed by atoms with Crippen LogP contribution in [0.1, 0.15) is 37.3 Å². The third-order valence-electron chi connectivity index (χ3n) is 7.32. The molecule has 0 aliphatic carbocycles. The Labute approximate surface area is 262 Å². The van der Waals surface area contributed by atoms with E-state index in [0.717, 1.165) is 18.8 Å². The van der Waals surface area contributed by atoms with Crippen LogP contribution in [0.3, 0.4) is 0 Å². The van der Waals surface area contributed by atoms with E-state index >= 15 is 0 Å². The molecule has 0 radical (unpaired) electrons. The second-order valence-corrected chi connectivity index (χ2v) is 11.6. The second-order valence-electron chi connectivity index (χ2n) is 10.4. The van der Waals surface area contributed by atoms with Crippen molar-refractivity contribution in [1.82, 2.24) is 10.2 Å². The number of ether oxygens (including phenoxy) is 2. The number of benzene rings is 3. The van der Waals surface area contributed by atoms with E-state index < -0.39 is 22.8 Å². The highest BCUT2D eigenvalue weighted by molar-refractivity contribution is 7.99. The molecule has 0 saturated carbocycles. The molecule has 1 N–H and O–H groups in total. The van der Waals surface area contributed by atoms with Crippen LogP contribution in [0.5, 0.6) is 0 Å². The summed E-state index contributed by atoms with van der Waals surface area (Å²) in [5, 5.41) is 14.6. The van der Waals surface area contributed by atoms with Crippen molar-refractivity contribution >= 4 is 29.4 Å². The van der Waals surface area contributed by atoms with Crippen LogP contribution in [-0.2, 0) is 25.6 Å². The molecule has 1 unspecified atom stereocenters. The molecule has 3 aromatic rings. The van der Waals surface area contributed by atoms with Gasteiger partial charge in [-0.2, -0.15) is 0 Å². The molecule has 0 amide bonds. The minimum Gasteiger partial charge on any atom is -0.466 e. The molecule has 44 heavy (non-hydrogen) atoms. The maximum absolute atomic E-state index is 13.6. The Morgan fingerprint density at radius 2 is 1.57 bits per heavy atom. The lowest BCUT2D eigenvalue weighted by atomic mass is 9.80. The molecule has 1 aliphatic rings. The molecule has 0 spiro atoms. The summed E-state index contributed by atoms with van der Waals surface area (Å²) >= 11 is 1.80. The third kappa shape index (κ3) is 8.58. The van der Waals surface area contributed by atoms with Gasteiger partial charge in [-0.3, -0.25) is 15.0 Å². The topological polar surface area (TPSA) is 111 Å². The molecule has 0 fully saturated rings. The van der Waals surface area contributed by atoms with Gasteiger partial charge in [0.1, 0.15) is 0 Å². The summed E-state index contributed by atoms with van der Waals surface area (Å²) < 4.78 is 10.8. The lowest BCUT2D eigenvalue weighted by Gasteiger charge is -2.30. The first kappa shape index (κ1) is 32.5. The number of nitrogens with one attached hydrogen (secondary N) is 1. The van der Waals surface area contributed by atoms with E-state index in [1.54, 1.807) is 31.7 Å². The van der Waals surface area contributed by atoms with Crippen molar-refractivity contribution in [2.75, 3.05) is 32.6 Å². The van der Waals surface area contributed by atoms with Crippen LogP contribution in [0.2, 0.25) is 0 Å². The number of esters is 2.